The predicted octanol–water partition coefficient (Wildman–Crippen LogP) is 2.64. The Kier molecular flexibility index (Phi) is 2.70. The summed E-state index contributed by atoms with van der Waals surface area (Å²) < 4.78 is 13.1. The van der Waals surface area contributed by atoms with Gasteiger partial charge in [-0.1, -0.05) is 12.1 Å². The highest BCUT2D eigenvalue weighted by molar-refractivity contribution is 7.10. The lowest BCUT2D eigenvalue weighted by Crippen LogP contribution is -2.10. The zero-order valence-corrected chi connectivity index (χ0v) is 8.67. The van der Waals surface area contributed by atoms with Crippen LogP contribution in [0.3, 0.4) is 0 Å². The maximum Gasteiger partial charge on any atom is 0.165 e. The molecule has 2 nitrogen and oxygen atoms in total. The molecule has 0 unspecified atom stereocenters. The number of rotatable bonds is 2. The van der Waals surface area contributed by atoms with E-state index >= 15 is 0 Å². The van der Waals surface area contributed by atoms with Gasteiger partial charge in [-0.25, -0.2) is 4.39 Å². The molecule has 0 radical (unpaired) electrons. The topological polar surface area (TPSA) is 46.2 Å². The first-order valence-corrected chi connectivity index (χ1v) is 5.34. The molecule has 0 saturated heterocycles. The van der Waals surface area contributed by atoms with Crippen LogP contribution in [-0.2, 0) is 0 Å². The summed E-state index contributed by atoms with van der Waals surface area (Å²) in [7, 11) is 0. The molecule has 1 heterocycles. The Bertz CT molecular complexity index is 456. The molecule has 3 N–H and O–H groups in total. The number of thiophene rings is 1. The number of nitrogens with two attached hydrogens (primary N) is 1. The van der Waals surface area contributed by atoms with E-state index in [0.717, 1.165) is 4.88 Å². The average molecular weight is 223 g/mol. The number of phenolic OH excluding ortho intramolecular Hbond substituents is 1. The Labute approximate surface area is 90.8 Å². The maximum absolute atomic E-state index is 13.1. The molecule has 78 valence electrons. The van der Waals surface area contributed by atoms with Gasteiger partial charge in [0.25, 0.3) is 0 Å². The van der Waals surface area contributed by atoms with Crippen LogP contribution in [0, 0.1) is 5.82 Å². The Hall–Kier alpha value is -1.39. The molecule has 1 aromatic carbocycles. The summed E-state index contributed by atoms with van der Waals surface area (Å²) in [5.74, 6) is -0.989. The smallest absolute Gasteiger partial charge is 0.165 e. The van der Waals surface area contributed by atoms with E-state index in [0.29, 0.717) is 5.56 Å². The van der Waals surface area contributed by atoms with E-state index in [9.17, 15) is 4.39 Å². The zero-order chi connectivity index (χ0) is 10.8. The molecular formula is C11H10FNOS. The van der Waals surface area contributed by atoms with Crippen LogP contribution in [0.25, 0.3) is 0 Å². The van der Waals surface area contributed by atoms with Gasteiger partial charge in [0.05, 0.1) is 6.04 Å². The number of halogens is 1. The molecule has 0 aliphatic carbocycles. The Morgan fingerprint density at radius 3 is 2.73 bits per heavy atom. The molecule has 2 rings (SSSR count). The highest BCUT2D eigenvalue weighted by Gasteiger charge is 2.11. The van der Waals surface area contributed by atoms with Crippen LogP contribution < -0.4 is 5.73 Å². The summed E-state index contributed by atoms with van der Waals surface area (Å²) in [5.41, 5.74) is 6.60. The fourth-order valence-electron chi connectivity index (χ4n) is 1.35. The number of benzene rings is 1. The van der Waals surface area contributed by atoms with E-state index < -0.39 is 5.82 Å². The quantitative estimate of drug-likeness (QED) is 0.822. The van der Waals surface area contributed by atoms with Gasteiger partial charge in [-0.15, -0.1) is 11.3 Å². The van der Waals surface area contributed by atoms with Crippen LogP contribution >= 0.6 is 11.3 Å². The van der Waals surface area contributed by atoms with Gasteiger partial charge in [-0.05, 0) is 29.1 Å². The third-order valence-electron chi connectivity index (χ3n) is 2.18. The molecule has 0 aliphatic heterocycles. The molecule has 0 amide bonds. The summed E-state index contributed by atoms with van der Waals surface area (Å²) >= 11 is 1.53. The van der Waals surface area contributed by atoms with Crippen molar-refractivity contribution in [3.05, 3.63) is 52.0 Å². The Morgan fingerprint density at radius 1 is 1.33 bits per heavy atom. The Balaban J connectivity index is 2.34. The molecule has 0 saturated carbocycles. The average Bonchev–Trinajstić information content (AvgIpc) is 2.74. The van der Waals surface area contributed by atoms with Crippen molar-refractivity contribution in [2.75, 3.05) is 0 Å². The van der Waals surface area contributed by atoms with Crippen molar-refractivity contribution in [2.45, 2.75) is 6.04 Å². The zero-order valence-electron chi connectivity index (χ0n) is 7.85. The van der Waals surface area contributed by atoms with Crippen molar-refractivity contribution < 1.29 is 9.50 Å². The first-order valence-electron chi connectivity index (χ1n) is 4.46. The van der Waals surface area contributed by atoms with Crippen molar-refractivity contribution in [1.29, 1.82) is 0 Å². The largest absolute Gasteiger partial charge is 0.505 e. The molecule has 15 heavy (non-hydrogen) atoms. The van der Waals surface area contributed by atoms with Crippen molar-refractivity contribution in [3.8, 4) is 5.75 Å². The van der Waals surface area contributed by atoms with Gasteiger partial charge in [-0.2, -0.15) is 0 Å². The van der Waals surface area contributed by atoms with Crippen molar-refractivity contribution in [2.24, 2.45) is 5.73 Å². The number of phenols is 1. The van der Waals surface area contributed by atoms with E-state index in [4.69, 9.17) is 10.8 Å². The lowest BCUT2D eigenvalue weighted by atomic mass is 10.1. The van der Waals surface area contributed by atoms with Crippen LogP contribution in [0.4, 0.5) is 4.39 Å². The molecule has 1 atom stereocenters. The van der Waals surface area contributed by atoms with Gasteiger partial charge in [0, 0.05) is 4.88 Å². The first kappa shape index (κ1) is 10.1. The standard InChI is InChI=1S/C11H10FNOS/c12-8-6-7(3-4-9(8)14)11(13)10-2-1-5-15-10/h1-6,11,14H,13H2/t11-/m1/s1. The molecule has 0 spiro atoms. The third-order valence-corrected chi connectivity index (χ3v) is 3.14. The first-order chi connectivity index (χ1) is 7.18. The van der Waals surface area contributed by atoms with Crippen LogP contribution in [-0.4, -0.2) is 5.11 Å². The van der Waals surface area contributed by atoms with Crippen LogP contribution in [0.1, 0.15) is 16.5 Å². The lowest BCUT2D eigenvalue weighted by molar-refractivity contribution is 0.431. The van der Waals surface area contributed by atoms with Gasteiger partial charge < -0.3 is 10.8 Å². The molecule has 1 aromatic heterocycles. The molecule has 2 aromatic rings. The second-order valence-corrected chi connectivity index (χ2v) is 4.18. The molecule has 4 heteroatoms. The summed E-state index contributed by atoms with van der Waals surface area (Å²) in [5, 5.41) is 11.0. The molecule has 0 aliphatic rings. The highest BCUT2D eigenvalue weighted by atomic mass is 32.1. The van der Waals surface area contributed by atoms with Gasteiger partial charge >= 0.3 is 0 Å². The van der Waals surface area contributed by atoms with E-state index in [2.05, 4.69) is 0 Å². The monoisotopic (exact) mass is 223 g/mol. The SMILES string of the molecule is N[C@H](c1ccc(O)c(F)c1)c1cccs1. The molecular weight excluding hydrogens is 213 g/mol. The maximum atomic E-state index is 13.1. The van der Waals surface area contributed by atoms with E-state index in [1.54, 1.807) is 6.07 Å². The lowest BCUT2D eigenvalue weighted by Gasteiger charge is -2.10. The van der Waals surface area contributed by atoms with Crippen molar-refractivity contribution >= 4 is 11.3 Å². The van der Waals surface area contributed by atoms with E-state index in [1.807, 2.05) is 17.5 Å². The van der Waals surface area contributed by atoms with Crippen molar-refractivity contribution in [3.63, 3.8) is 0 Å². The summed E-state index contributed by atoms with van der Waals surface area (Å²) in [6, 6.07) is 7.68. The van der Waals surface area contributed by atoms with Crippen LogP contribution in [0.2, 0.25) is 0 Å². The minimum absolute atomic E-state index is 0.333. The van der Waals surface area contributed by atoms with Gasteiger partial charge in [0.2, 0.25) is 0 Å². The number of aromatic hydroxyl groups is 1. The minimum Gasteiger partial charge on any atom is -0.505 e. The highest BCUT2D eigenvalue weighted by Crippen LogP contribution is 2.26. The van der Waals surface area contributed by atoms with Crippen molar-refractivity contribution in [1.82, 2.24) is 0 Å². The number of hydrogen-bond acceptors (Lipinski definition) is 3. The second kappa shape index (κ2) is 4.00. The van der Waals surface area contributed by atoms with Gasteiger partial charge in [0.1, 0.15) is 0 Å². The fraction of sp³-hybridized carbons (Fsp3) is 0.0909. The van der Waals surface area contributed by atoms with Gasteiger partial charge in [-0.3, -0.25) is 0 Å². The summed E-state index contributed by atoms with van der Waals surface area (Å²) in [6.45, 7) is 0. The van der Waals surface area contributed by atoms with E-state index in [-0.39, 0.29) is 11.8 Å². The Morgan fingerprint density at radius 2 is 2.13 bits per heavy atom. The molecule has 0 fully saturated rings. The van der Waals surface area contributed by atoms with Crippen LogP contribution in [0.15, 0.2) is 35.7 Å². The van der Waals surface area contributed by atoms with Gasteiger partial charge in [0.15, 0.2) is 11.6 Å². The predicted molar refractivity (Wildman–Crippen MR) is 58.4 cm³/mol. The number of hydrogen-bond donors (Lipinski definition) is 2. The fourth-order valence-corrected chi connectivity index (χ4v) is 2.10. The summed E-state index contributed by atoms with van der Waals surface area (Å²) in [4.78, 5) is 0.972. The second-order valence-electron chi connectivity index (χ2n) is 3.20. The summed E-state index contributed by atoms with van der Waals surface area (Å²) in [6.07, 6.45) is 0. The normalized spacial score (nSPS) is 12.7. The van der Waals surface area contributed by atoms with Crippen LogP contribution in [0.5, 0.6) is 5.75 Å². The molecule has 0 bridgehead atoms. The third kappa shape index (κ3) is 2.00. The van der Waals surface area contributed by atoms with E-state index in [1.165, 1.54) is 23.5 Å². The minimum atomic E-state index is -0.639.